The average molecular weight is 300 g/mol. The normalized spacial score (nSPS) is 11.6. The standard InChI is InChI=1S/C13H20N2O4S/c1-10(2)9-14-20(18,19)15-12-6-4-3-5-11(12)7-8-13(16)17/h3-6,10,14-15H,7-9H2,1-2H3,(H,16,17). The fraction of sp³-hybridized carbons (Fsp3) is 0.462. The Morgan fingerprint density at radius 1 is 1.30 bits per heavy atom. The van der Waals surface area contributed by atoms with Crippen LogP contribution in [0.15, 0.2) is 24.3 Å². The molecule has 7 heteroatoms. The zero-order valence-electron chi connectivity index (χ0n) is 11.6. The molecule has 0 spiro atoms. The lowest BCUT2D eigenvalue weighted by molar-refractivity contribution is -0.136. The van der Waals surface area contributed by atoms with Crippen LogP contribution in [-0.2, 0) is 21.4 Å². The van der Waals surface area contributed by atoms with E-state index in [1.54, 1.807) is 24.3 Å². The lowest BCUT2D eigenvalue weighted by atomic mass is 10.1. The zero-order chi connectivity index (χ0) is 15.2. The molecule has 0 aromatic heterocycles. The van der Waals surface area contributed by atoms with Gasteiger partial charge in [0.1, 0.15) is 0 Å². The first kappa shape index (κ1) is 16.5. The molecule has 0 heterocycles. The highest BCUT2D eigenvalue weighted by atomic mass is 32.2. The Balaban J connectivity index is 2.78. The molecule has 1 rings (SSSR count). The molecule has 0 unspecified atom stereocenters. The molecule has 0 amide bonds. The van der Waals surface area contributed by atoms with Crippen LogP contribution in [0.4, 0.5) is 5.69 Å². The van der Waals surface area contributed by atoms with Crippen LogP contribution in [0.3, 0.4) is 0 Å². The SMILES string of the molecule is CC(C)CNS(=O)(=O)Nc1ccccc1CCC(=O)O. The number of carboxylic acids is 1. The monoisotopic (exact) mass is 300 g/mol. The molecule has 0 saturated carbocycles. The van der Waals surface area contributed by atoms with Crippen LogP contribution >= 0.6 is 0 Å². The number of hydrogen-bond donors (Lipinski definition) is 3. The Labute approximate surface area is 119 Å². The quantitative estimate of drug-likeness (QED) is 0.679. The van der Waals surface area contributed by atoms with Crippen LogP contribution in [0.5, 0.6) is 0 Å². The van der Waals surface area contributed by atoms with Gasteiger partial charge in [-0.15, -0.1) is 0 Å². The van der Waals surface area contributed by atoms with Crippen molar-refractivity contribution < 1.29 is 18.3 Å². The number of para-hydroxylation sites is 1. The molecule has 0 bridgehead atoms. The second-order valence-corrected chi connectivity index (χ2v) is 6.40. The van der Waals surface area contributed by atoms with E-state index in [2.05, 4.69) is 9.44 Å². The van der Waals surface area contributed by atoms with Crippen molar-refractivity contribution in [2.75, 3.05) is 11.3 Å². The van der Waals surface area contributed by atoms with E-state index in [1.165, 1.54) is 0 Å². The third kappa shape index (κ3) is 6.03. The van der Waals surface area contributed by atoms with E-state index in [1.807, 2.05) is 13.8 Å². The van der Waals surface area contributed by atoms with Crippen molar-refractivity contribution in [3.63, 3.8) is 0 Å². The first-order valence-corrected chi connectivity index (χ1v) is 7.85. The molecular formula is C13H20N2O4S. The maximum atomic E-state index is 11.9. The molecule has 3 N–H and O–H groups in total. The van der Waals surface area contributed by atoms with Crippen molar-refractivity contribution in [3.8, 4) is 0 Å². The van der Waals surface area contributed by atoms with Gasteiger partial charge in [0, 0.05) is 13.0 Å². The number of benzene rings is 1. The minimum Gasteiger partial charge on any atom is -0.481 e. The van der Waals surface area contributed by atoms with Gasteiger partial charge in [-0.25, -0.2) is 0 Å². The van der Waals surface area contributed by atoms with Crippen molar-refractivity contribution in [1.82, 2.24) is 4.72 Å². The number of hydrogen-bond acceptors (Lipinski definition) is 3. The van der Waals surface area contributed by atoms with Gasteiger partial charge in [0.15, 0.2) is 0 Å². The summed E-state index contributed by atoms with van der Waals surface area (Å²) < 4.78 is 28.6. The van der Waals surface area contributed by atoms with Crippen molar-refractivity contribution >= 4 is 21.9 Å². The molecule has 0 saturated heterocycles. The zero-order valence-corrected chi connectivity index (χ0v) is 12.4. The maximum Gasteiger partial charge on any atom is 0.303 e. The summed E-state index contributed by atoms with van der Waals surface area (Å²) in [6.45, 7) is 4.15. The Hall–Kier alpha value is -1.60. The lowest BCUT2D eigenvalue weighted by Crippen LogP contribution is -2.33. The molecule has 112 valence electrons. The summed E-state index contributed by atoms with van der Waals surface area (Å²) >= 11 is 0. The van der Waals surface area contributed by atoms with E-state index in [9.17, 15) is 13.2 Å². The van der Waals surface area contributed by atoms with Crippen LogP contribution in [0.25, 0.3) is 0 Å². The van der Waals surface area contributed by atoms with Gasteiger partial charge in [0.2, 0.25) is 0 Å². The van der Waals surface area contributed by atoms with Crippen LogP contribution in [-0.4, -0.2) is 26.0 Å². The first-order chi connectivity index (χ1) is 9.30. The summed E-state index contributed by atoms with van der Waals surface area (Å²) in [6, 6.07) is 6.77. The molecule has 20 heavy (non-hydrogen) atoms. The molecule has 0 fully saturated rings. The summed E-state index contributed by atoms with van der Waals surface area (Å²) in [6.07, 6.45) is 0.233. The predicted molar refractivity (Wildman–Crippen MR) is 77.8 cm³/mol. The first-order valence-electron chi connectivity index (χ1n) is 6.37. The minimum atomic E-state index is -3.64. The highest BCUT2D eigenvalue weighted by molar-refractivity contribution is 7.90. The Morgan fingerprint density at radius 2 is 1.95 bits per heavy atom. The van der Waals surface area contributed by atoms with Crippen molar-refractivity contribution in [1.29, 1.82) is 0 Å². The van der Waals surface area contributed by atoms with Gasteiger partial charge in [-0.2, -0.15) is 13.1 Å². The van der Waals surface area contributed by atoms with E-state index < -0.39 is 16.2 Å². The van der Waals surface area contributed by atoms with E-state index in [-0.39, 0.29) is 18.8 Å². The van der Waals surface area contributed by atoms with Crippen LogP contribution < -0.4 is 9.44 Å². The molecule has 6 nitrogen and oxygen atoms in total. The summed E-state index contributed by atoms with van der Waals surface area (Å²) in [5.74, 6) is -0.713. The van der Waals surface area contributed by atoms with Crippen molar-refractivity contribution in [2.45, 2.75) is 26.7 Å². The molecule has 1 aromatic rings. The summed E-state index contributed by atoms with van der Waals surface area (Å²) in [5, 5.41) is 8.69. The molecular weight excluding hydrogens is 280 g/mol. The smallest absolute Gasteiger partial charge is 0.303 e. The van der Waals surface area contributed by atoms with Gasteiger partial charge in [0.05, 0.1) is 5.69 Å². The topological polar surface area (TPSA) is 95.5 Å². The Bertz CT molecular complexity index is 555. The van der Waals surface area contributed by atoms with Gasteiger partial charge >= 0.3 is 5.97 Å². The highest BCUT2D eigenvalue weighted by Gasteiger charge is 2.13. The van der Waals surface area contributed by atoms with E-state index >= 15 is 0 Å². The van der Waals surface area contributed by atoms with Gasteiger partial charge in [-0.1, -0.05) is 32.0 Å². The molecule has 0 atom stereocenters. The number of nitrogens with one attached hydrogen (secondary N) is 2. The van der Waals surface area contributed by atoms with Gasteiger partial charge in [0.25, 0.3) is 10.2 Å². The Kier molecular flexibility index (Phi) is 5.97. The van der Waals surface area contributed by atoms with Gasteiger partial charge in [-0.3, -0.25) is 9.52 Å². The second kappa shape index (κ2) is 7.25. The number of aliphatic carboxylic acids is 1. The number of aryl methyl sites for hydroxylation is 1. The van der Waals surface area contributed by atoms with Crippen LogP contribution in [0.2, 0.25) is 0 Å². The summed E-state index contributed by atoms with van der Waals surface area (Å²) in [7, 11) is -3.64. The Morgan fingerprint density at radius 3 is 2.55 bits per heavy atom. The summed E-state index contributed by atoms with van der Waals surface area (Å²) in [4.78, 5) is 10.6. The van der Waals surface area contributed by atoms with Crippen LogP contribution in [0, 0.1) is 5.92 Å². The fourth-order valence-electron chi connectivity index (χ4n) is 1.54. The summed E-state index contributed by atoms with van der Waals surface area (Å²) in [5.41, 5.74) is 1.06. The maximum absolute atomic E-state index is 11.9. The van der Waals surface area contributed by atoms with E-state index in [4.69, 9.17) is 5.11 Å². The van der Waals surface area contributed by atoms with Crippen molar-refractivity contribution in [3.05, 3.63) is 29.8 Å². The number of carboxylic acid groups (broad SMARTS) is 1. The van der Waals surface area contributed by atoms with E-state index in [0.29, 0.717) is 17.8 Å². The molecule has 0 aliphatic carbocycles. The van der Waals surface area contributed by atoms with Crippen LogP contribution in [0.1, 0.15) is 25.8 Å². The number of rotatable bonds is 8. The average Bonchev–Trinajstić information content (AvgIpc) is 2.35. The minimum absolute atomic E-state index is 0.0435. The predicted octanol–water partition coefficient (Wildman–Crippen LogP) is 1.61. The van der Waals surface area contributed by atoms with Crippen molar-refractivity contribution in [2.24, 2.45) is 5.92 Å². The fourth-order valence-corrected chi connectivity index (χ4v) is 2.65. The molecule has 0 aliphatic rings. The third-order valence-electron chi connectivity index (χ3n) is 2.55. The highest BCUT2D eigenvalue weighted by Crippen LogP contribution is 2.17. The number of anilines is 1. The molecule has 1 aromatic carbocycles. The second-order valence-electron chi connectivity index (χ2n) is 4.90. The lowest BCUT2D eigenvalue weighted by Gasteiger charge is -2.13. The third-order valence-corrected chi connectivity index (χ3v) is 3.59. The van der Waals surface area contributed by atoms with E-state index in [0.717, 1.165) is 0 Å². The number of carbonyl (C=O) groups is 1. The van der Waals surface area contributed by atoms with Gasteiger partial charge in [-0.05, 0) is 24.0 Å². The molecule has 0 aliphatic heterocycles. The molecule has 0 radical (unpaired) electrons. The van der Waals surface area contributed by atoms with Gasteiger partial charge < -0.3 is 5.11 Å². The largest absolute Gasteiger partial charge is 0.481 e.